The van der Waals surface area contributed by atoms with Crippen molar-refractivity contribution in [2.24, 2.45) is 0 Å². The van der Waals surface area contributed by atoms with Crippen molar-refractivity contribution in [3.8, 4) is 17.3 Å². The van der Waals surface area contributed by atoms with Crippen LogP contribution in [0.25, 0.3) is 11.4 Å². The van der Waals surface area contributed by atoms with Gasteiger partial charge >= 0.3 is 6.43 Å². The molecule has 0 aliphatic heterocycles. The van der Waals surface area contributed by atoms with E-state index in [-0.39, 0.29) is 17.5 Å². The average molecular weight is 385 g/mol. The van der Waals surface area contributed by atoms with E-state index in [2.05, 4.69) is 19.6 Å². The van der Waals surface area contributed by atoms with Gasteiger partial charge in [-0.25, -0.2) is 4.98 Å². The first-order valence-corrected chi connectivity index (χ1v) is 8.83. The van der Waals surface area contributed by atoms with Gasteiger partial charge in [-0.15, -0.1) is 0 Å². The fourth-order valence-corrected chi connectivity index (χ4v) is 3.53. The highest BCUT2D eigenvalue weighted by atomic mass is 19.3. The van der Waals surface area contributed by atoms with Crippen LogP contribution in [-0.2, 0) is 6.42 Å². The number of hydrogen-bond donors (Lipinski definition) is 0. The van der Waals surface area contributed by atoms with Crippen LogP contribution in [0.2, 0.25) is 0 Å². The fraction of sp³-hybridized carbons (Fsp3) is 0.300. The largest absolute Gasteiger partial charge is 0.481 e. The number of halogens is 2. The lowest BCUT2D eigenvalue weighted by atomic mass is 9.93. The molecule has 1 aliphatic rings. The first kappa shape index (κ1) is 18.2. The third kappa shape index (κ3) is 3.49. The van der Waals surface area contributed by atoms with Crippen molar-refractivity contribution in [1.82, 2.24) is 15.1 Å². The van der Waals surface area contributed by atoms with Crippen molar-refractivity contribution in [1.29, 1.82) is 0 Å². The molecule has 0 N–H and O–H groups in total. The first-order valence-electron chi connectivity index (χ1n) is 8.83. The Kier molecular flexibility index (Phi) is 4.85. The summed E-state index contributed by atoms with van der Waals surface area (Å²) in [4.78, 5) is 20.4. The number of hydrogen-bond acceptors (Lipinski definition) is 6. The fourth-order valence-electron chi connectivity index (χ4n) is 3.53. The molecule has 2 heterocycles. The number of pyridine rings is 1. The minimum absolute atomic E-state index is 0.0300. The summed E-state index contributed by atoms with van der Waals surface area (Å²) < 4.78 is 34.9. The lowest BCUT2D eigenvalue weighted by molar-refractivity contribution is 0.0973. The van der Waals surface area contributed by atoms with Crippen molar-refractivity contribution >= 4 is 5.78 Å². The van der Waals surface area contributed by atoms with Crippen molar-refractivity contribution in [2.75, 3.05) is 7.11 Å². The van der Waals surface area contributed by atoms with Gasteiger partial charge in [0.2, 0.25) is 11.7 Å². The van der Waals surface area contributed by atoms with Crippen LogP contribution in [-0.4, -0.2) is 28.0 Å². The van der Waals surface area contributed by atoms with Gasteiger partial charge in [-0.2, -0.15) is 13.8 Å². The zero-order valence-electron chi connectivity index (χ0n) is 15.1. The number of ether oxygens (including phenoxy) is 1. The van der Waals surface area contributed by atoms with Gasteiger partial charge in [-0.05, 0) is 42.0 Å². The number of Topliss-reactive ketones (excluding diaryl/α,β-unsaturated/α-hetero) is 1. The molecule has 0 saturated heterocycles. The molecule has 0 spiro atoms. The quantitative estimate of drug-likeness (QED) is 0.586. The number of fused-ring (bicyclic) bond motifs is 1. The Labute approximate surface area is 159 Å². The van der Waals surface area contributed by atoms with E-state index in [9.17, 15) is 13.6 Å². The van der Waals surface area contributed by atoms with Gasteiger partial charge < -0.3 is 9.26 Å². The lowest BCUT2D eigenvalue weighted by Gasteiger charge is -2.11. The Hall–Kier alpha value is -3.16. The number of methoxy groups -OCH3 is 1. The highest BCUT2D eigenvalue weighted by molar-refractivity contribution is 5.96. The summed E-state index contributed by atoms with van der Waals surface area (Å²) in [6.07, 6.45) is 0.802. The molecule has 1 atom stereocenters. The Morgan fingerprint density at radius 3 is 2.93 bits per heavy atom. The molecule has 3 aromatic rings. The second-order valence-corrected chi connectivity index (χ2v) is 6.62. The van der Waals surface area contributed by atoms with Gasteiger partial charge in [0.25, 0.3) is 5.89 Å². The van der Waals surface area contributed by atoms with E-state index in [1.54, 1.807) is 24.4 Å². The summed E-state index contributed by atoms with van der Waals surface area (Å²) >= 11 is 0. The van der Waals surface area contributed by atoms with E-state index >= 15 is 0 Å². The van der Waals surface area contributed by atoms with Crippen LogP contribution < -0.4 is 4.74 Å². The molecule has 6 nitrogen and oxygen atoms in total. The Morgan fingerprint density at radius 2 is 2.18 bits per heavy atom. The molecule has 28 heavy (non-hydrogen) atoms. The molecule has 1 aromatic carbocycles. The van der Waals surface area contributed by atoms with Crippen LogP contribution >= 0.6 is 0 Å². The van der Waals surface area contributed by atoms with Gasteiger partial charge in [-0.1, -0.05) is 17.3 Å². The van der Waals surface area contributed by atoms with E-state index in [1.807, 2.05) is 12.1 Å². The first-order chi connectivity index (χ1) is 13.5. The number of ketones is 1. The zero-order chi connectivity index (χ0) is 19.7. The molecular formula is C20H17F2N3O3. The highest BCUT2D eigenvalue weighted by Gasteiger charge is 2.26. The van der Waals surface area contributed by atoms with Crippen LogP contribution in [0, 0.1) is 0 Å². The van der Waals surface area contributed by atoms with Crippen molar-refractivity contribution < 1.29 is 22.8 Å². The highest BCUT2D eigenvalue weighted by Crippen LogP contribution is 2.38. The standard InChI is InChI=1S/C20H17F2N3O3/c1-27-17-10-13(6-7-23-17)16(26)9-12-3-2-11-8-14(4-5-15(11)12)19-24-20(18(21)22)28-25-19/h4-8,10,12,18H,2-3,9H2,1H3/t12-/m0/s1. The van der Waals surface area contributed by atoms with Crippen molar-refractivity contribution in [3.63, 3.8) is 0 Å². The van der Waals surface area contributed by atoms with E-state index < -0.39 is 12.3 Å². The van der Waals surface area contributed by atoms with Crippen LogP contribution in [0.15, 0.2) is 41.1 Å². The summed E-state index contributed by atoms with van der Waals surface area (Å²) in [5.74, 6) is -0.00109. The molecule has 8 heteroatoms. The normalized spacial score (nSPS) is 15.6. The minimum Gasteiger partial charge on any atom is -0.481 e. The number of carbonyl (C=O) groups excluding carboxylic acids is 1. The van der Waals surface area contributed by atoms with Crippen molar-refractivity contribution in [2.45, 2.75) is 31.6 Å². The van der Waals surface area contributed by atoms with E-state index in [0.29, 0.717) is 23.4 Å². The second-order valence-electron chi connectivity index (χ2n) is 6.62. The maximum atomic E-state index is 12.6. The van der Waals surface area contributed by atoms with Gasteiger partial charge in [0.05, 0.1) is 7.11 Å². The molecule has 4 rings (SSSR count). The average Bonchev–Trinajstić information content (AvgIpc) is 3.35. The van der Waals surface area contributed by atoms with Crippen molar-refractivity contribution in [3.05, 3.63) is 59.1 Å². The Balaban J connectivity index is 1.52. The number of carbonyl (C=O) groups is 1. The number of aryl methyl sites for hydroxylation is 1. The van der Waals surface area contributed by atoms with Crippen LogP contribution in [0.3, 0.4) is 0 Å². The summed E-state index contributed by atoms with van der Waals surface area (Å²) in [7, 11) is 1.51. The lowest BCUT2D eigenvalue weighted by Crippen LogP contribution is -2.06. The maximum absolute atomic E-state index is 12.6. The summed E-state index contributed by atoms with van der Waals surface area (Å²) in [5.41, 5.74) is 3.37. The molecule has 2 aromatic heterocycles. The van der Waals surface area contributed by atoms with Gasteiger partial charge in [0.1, 0.15) is 0 Å². The number of rotatable bonds is 6. The Bertz CT molecular complexity index is 1020. The molecule has 0 saturated carbocycles. The third-order valence-corrected chi connectivity index (χ3v) is 4.93. The smallest absolute Gasteiger partial charge is 0.315 e. The monoisotopic (exact) mass is 385 g/mol. The SMILES string of the molecule is COc1cc(C(=O)C[C@@H]2CCc3cc(-c4noc(C(F)F)n4)ccc32)ccn1. The van der Waals surface area contributed by atoms with E-state index in [4.69, 9.17) is 4.74 Å². The maximum Gasteiger partial charge on any atom is 0.315 e. The molecule has 0 amide bonds. The van der Waals surface area contributed by atoms with Crippen LogP contribution in [0.5, 0.6) is 5.88 Å². The zero-order valence-corrected chi connectivity index (χ0v) is 15.1. The van der Waals surface area contributed by atoms with Crippen LogP contribution in [0.1, 0.15) is 52.6 Å². The number of alkyl halides is 2. The number of aromatic nitrogens is 3. The van der Waals surface area contributed by atoms with Crippen LogP contribution in [0.4, 0.5) is 8.78 Å². The molecule has 144 valence electrons. The molecule has 0 bridgehead atoms. The number of benzene rings is 1. The van der Waals surface area contributed by atoms with Gasteiger partial charge in [0, 0.05) is 29.8 Å². The topological polar surface area (TPSA) is 78.1 Å². The summed E-state index contributed by atoms with van der Waals surface area (Å²) in [6.45, 7) is 0. The molecule has 1 aliphatic carbocycles. The molecule has 0 unspecified atom stereocenters. The third-order valence-electron chi connectivity index (χ3n) is 4.93. The van der Waals surface area contributed by atoms with E-state index in [0.717, 1.165) is 24.0 Å². The second kappa shape index (κ2) is 7.46. The predicted molar refractivity (Wildman–Crippen MR) is 95.5 cm³/mol. The molecule has 0 radical (unpaired) electrons. The van der Waals surface area contributed by atoms with Gasteiger partial charge in [0.15, 0.2) is 5.78 Å². The Morgan fingerprint density at radius 1 is 1.32 bits per heavy atom. The predicted octanol–water partition coefficient (Wildman–Crippen LogP) is 4.38. The number of nitrogens with zero attached hydrogens (tertiary/aromatic N) is 3. The summed E-state index contributed by atoms with van der Waals surface area (Å²) in [6, 6.07) is 8.90. The van der Waals surface area contributed by atoms with Gasteiger partial charge in [-0.3, -0.25) is 4.79 Å². The summed E-state index contributed by atoms with van der Waals surface area (Å²) in [5, 5.41) is 3.62. The van der Waals surface area contributed by atoms with E-state index in [1.165, 1.54) is 7.11 Å². The molecule has 0 fully saturated rings. The minimum atomic E-state index is -2.79. The molecular weight excluding hydrogens is 368 g/mol.